The van der Waals surface area contributed by atoms with Gasteiger partial charge in [0.1, 0.15) is 6.54 Å². The summed E-state index contributed by atoms with van der Waals surface area (Å²) < 4.78 is 0. The van der Waals surface area contributed by atoms with Crippen molar-refractivity contribution < 1.29 is 14.7 Å². The highest BCUT2D eigenvalue weighted by atomic mass is 35.5. The Labute approximate surface area is 103 Å². The first kappa shape index (κ1) is 11.7. The van der Waals surface area contributed by atoms with E-state index in [9.17, 15) is 9.59 Å². The number of nitrogens with zero attached hydrogens (tertiary/aromatic N) is 1. The van der Waals surface area contributed by atoms with Gasteiger partial charge in [0, 0.05) is 11.6 Å². The molecule has 1 unspecified atom stereocenters. The van der Waals surface area contributed by atoms with E-state index in [1.54, 1.807) is 18.2 Å². The average Bonchev–Trinajstić information content (AvgIpc) is 2.61. The highest BCUT2D eigenvalue weighted by molar-refractivity contribution is 6.31. The lowest BCUT2D eigenvalue weighted by Gasteiger charge is -2.22. The van der Waals surface area contributed by atoms with E-state index in [2.05, 4.69) is 5.32 Å². The predicted octanol–water partition coefficient (Wildman–Crippen LogP) is 1.49. The molecule has 5 nitrogen and oxygen atoms in total. The molecule has 0 saturated carbocycles. The summed E-state index contributed by atoms with van der Waals surface area (Å²) >= 11 is 6.04. The molecule has 1 aromatic rings. The van der Waals surface area contributed by atoms with Crippen molar-refractivity contribution in [3.8, 4) is 0 Å². The van der Waals surface area contributed by atoms with Crippen molar-refractivity contribution in [2.24, 2.45) is 0 Å². The number of carbonyl (C=O) groups is 2. The minimum Gasteiger partial charge on any atom is -0.480 e. The standard InChI is InChI=1S/C11H11ClN2O3/c12-8-4-2-1-3-7(8)9-5-13-11(17)14(9)6-10(15)16/h1-4,9H,5-6H2,(H,13,17)(H,15,16). The number of aliphatic carboxylic acids is 1. The van der Waals surface area contributed by atoms with Crippen LogP contribution in [0.5, 0.6) is 0 Å². The summed E-state index contributed by atoms with van der Waals surface area (Å²) in [6, 6.07) is 6.41. The van der Waals surface area contributed by atoms with Crippen LogP contribution in [0, 0.1) is 0 Å². The number of carboxylic acid groups (broad SMARTS) is 1. The first-order valence-electron chi connectivity index (χ1n) is 5.10. The Morgan fingerprint density at radius 1 is 1.53 bits per heavy atom. The van der Waals surface area contributed by atoms with Crippen molar-refractivity contribution in [3.05, 3.63) is 34.9 Å². The molecule has 1 fully saturated rings. The van der Waals surface area contributed by atoms with Crippen LogP contribution in [0.2, 0.25) is 5.02 Å². The molecule has 1 aliphatic rings. The number of benzene rings is 1. The molecule has 1 aromatic carbocycles. The molecule has 6 heteroatoms. The molecule has 1 atom stereocenters. The van der Waals surface area contributed by atoms with Gasteiger partial charge in [-0.1, -0.05) is 29.8 Å². The van der Waals surface area contributed by atoms with Crippen molar-refractivity contribution in [3.63, 3.8) is 0 Å². The fraction of sp³-hybridized carbons (Fsp3) is 0.273. The van der Waals surface area contributed by atoms with Gasteiger partial charge in [0.15, 0.2) is 0 Å². The summed E-state index contributed by atoms with van der Waals surface area (Å²) in [6.07, 6.45) is 0. The predicted molar refractivity (Wildman–Crippen MR) is 61.9 cm³/mol. The van der Waals surface area contributed by atoms with Crippen LogP contribution in [0.3, 0.4) is 0 Å². The lowest BCUT2D eigenvalue weighted by molar-refractivity contribution is -0.137. The first-order chi connectivity index (χ1) is 8.09. The van der Waals surface area contributed by atoms with Gasteiger partial charge in [0.05, 0.1) is 6.04 Å². The Morgan fingerprint density at radius 3 is 2.88 bits per heavy atom. The second kappa shape index (κ2) is 4.63. The number of carbonyl (C=O) groups excluding carboxylic acids is 1. The molecule has 2 N–H and O–H groups in total. The summed E-state index contributed by atoms with van der Waals surface area (Å²) in [7, 11) is 0. The fourth-order valence-electron chi connectivity index (χ4n) is 1.89. The maximum atomic E-state index is 11.5. The van der Waals surface area contributed by atoms with Gasteiger partial charge in [0.25, 0.3) is 0 Å². The molecule has 1 saturated heterocycles. The Bertz CT molecular complexity index is 464. The molecule has 17 heavy (non-hydrogen) atoms. The molecular formula is C11H11ClN2O3. The first-order valence-corrected chi connectivity index (χ1v) is 5.48. The second-order valence-electron chi connectivity index (χ2n) is 3.75. The topological polar surface area (TPSA) is 69.6 Å². The Kier molecular flexibility index (Phi) is 3.19. The van der Waals surface area contributed by atoms with E-state index in [0.29, 0.717) is 11.6 Å². The van der Waals surface area contributed by atoms with E-state index < -0.39 is 5.97 Å². The summed E-state index contributed by atoms with van der Waals surface area (Å²) in [4.78, 5) is 23.5. The average molecular weight is 255 g/mol. The molecule has 1 aliphatic heterocycles. The summed E-state index contributed by atoms with van der Waals surface area (Å²) in [6.45, 7) is 0.0393. The third-order valence-corrected chi connectivity index (χ3v) is 3.00. The number of urea groups is 1. The van der Waals surface area contributed by atoms with Crippen molar-refractivity contribution in [2.45, 2.75) is 6.04 Å². The monoisotopic (exact) mass is 254 g/mol. The lowest BCUT2D eigenvalue weighted by atomic mass is 10.1. The van der Waals surface area contributed by atoms with Gasteiger partial charge in [-0.05, 0) is 11.6 Å². The molecule has 0 aliphatic carbocycles. The molecule has 0 radical (unpaired) electrons. The maximum Gasteiger partial charge on any atom is 0.323 e. The molecule has 2 amide bonds. The highest BCUT2D eigenvalue weighted by Gasteiger charge is 2.34. The van der Waals surface area contributed by atoms with Crippen LogP contribution < -0.4 is 5.32 Å². The van der Waals surface area contributed by atoms with Crippen molar-refractivity contribution in [2.75, 3.05) is 13.1 Å². The van der Waals surface area contributed by atoms with E-state index in [1.807, 2.05) is 6.07 Å². The Morgan fingerprint density at radius 2 is 2.24 bits per heavy atom. The molecule has 0 bridgehead atoms. The third-order valence-electron chi connectivity index (χ3n) is 2.65. The number of hydrogen-bond donors (Lipinski definition) is 2. The van der Waals surface area contributed by atoms with Crippen molar-refractivity contribution >= 4 is 23.6 Å². The SMILES string of the molecule is O=C(O)CN1C(=O)NCC1c1ccccc1Cl. The van der Waals surface area contributed by atoms with Crippen LogP contribution in [0.1, 0.15) is 11.6 Å². The summed E-state index contributed by atoms with van der Waals surface area (Å²) in [5.41, 5.74) is 0.758. The number of nitrogens with one attached hydrogen (secondary N) is 1. The molecule has 2 rings (SSSR count). The van der Waals surface area contributed by atoms with E-state index in [-0.39, 0.29) is 18.6 Å². The number of amides is 2. The maximum absolute atomic E-state index is 11.5. The van der Waals surface area contributed by atoms with Gasteiger partial charge < -0.3 is 15.3 Å². The summed E-state index contributed by atoms with van der Waals surface area (Å²) in [5.74, 6) is -1.04. The van der Waals surface area contributed by atoms with Crippen LogP contribution in [0.15, 0.2) is 24.3 Å². The molecule has 0 aromatic heterocycles. The van der Waals surface area contributed by atoms with Gasteiger partial charge in [0.2, 0.25) is 0 Å². The largest absolute Gasteiger partial charge is 0.480 e. The third kappa shape index (κ3) is 2.34. The van der Waals surface area contributed by atoms with Crippen LogP contribution in [-0.2, 0) is 4.79 Å². The van der Waals surface area contributed by atoms with Gasteiger partial charge >= 0.3 is 12.0 Å². The molecule has 0 spiro atoms. The number of hydrogen-bond acceptors (Lipinski definition) is 2. The van der Waals surface area contributed by atoms with Gasteiger partial charge in [-0.2, -0.15) is 0 Å². The number of halogens is 1. The zero-order valence-corrected chi connectivity index (χ0v) is 9.65. The Balaban J connectivity index is 2.28. The van der Waals surface area contributed by atoms with E-state index in [4.69, 9.17) is 16.7 Å². The van der Waals surface area contributed by atoms with Crippen LogP contribution in [-0.4, -0.2) is 35.1 Å². The highest BCUT2D eigenvalue weighted by Crippen LogP contribution is 2.29. The van der Waals surface area contributed by atoms with Crippen LogP contribution in [0.4, 0.5) is 4.79 Å². The van der Waals surface area contributed by atoms with Crippen LogP contribution >= 0.6 is 11.6 Å². The van der Waals surface area contributed by atoms with Crippen LogP contribution in [0.25, 0.3) is 0 Å². The lowest BCUT2D eigenvalue weighted by Crippen LogP contribution is -2.34. The van der Waals surface area contributed by atoms with Gasteiger partial charge in [-0.15, -0.1) is 0 Å². The van der Waals surface area contributed by atoms with E-state index in [1.165, 1.54) is 4.90 Å². The molecule has 1 heterocycles. The van der Waals surface area contributed by atoms with Crippen molar-refractivity contribution in [1.82, 2.24) is 10.2 Å². The normalized spacial score (nSPS) is 19.2. The zero-order valence-electron chi connectivity index (χ0n) is 8.89. The van der Waals surface area contributed by atoms with Gasteiger partial charge in [-0.25, -0.2) is 4.79 Å². The number of carboxylic acids is 1. The Hall–Kier alpha value is -1.75. The van der Waals surface area contributed by atoms with Gasteiger partial charge in [-0.3, -0.25) is 4.79 Å². The molecule has 90 valence electrons. The smallest absolute Gasteiger partial charge is 0.323 e. The van der Waals surface area contributed by atoms with Crippen molar-refractivity contribution in [1.29, 1.82) is 0 Å². The summed E-state index contributed by atoms with van der Waals surface area (Å²) in [5, 5.41) is 11.9. The minimum absolute atomic E-state index is 0.327. The van der Waals surface area contributed by atoms with E-state index in [0.717, 1.165) is 5.56 Å². The second-order valence-corrected chi connectivity index (χ2v) is 4.15. The minimum atomic E-state index is -1.04. The van der Waals surface area contributed by atoms with E-state index >= 15 is 0 Å². The molecular weight excluding hydrogens is 244 g/mol. The number of rotatable bonds is 3. The quantitative estimate of drug-likeness (QED) is 0.859. The zero-order chi connectivity index (χ0) is 12.4. The fourth-order valence-corrected chi connectivity index (χ4v) is 2.15.